The Morgan fingerprint density at radius 2 is 2.00 bits per heavy atom. The molecule has 0 aliphatic carbocycles. The molecular formula is C17H15ClFN3O. The van der Waals surface area contributed by atoms with Crippen molar-refractivity contribution in [2.24, 2.45) is 0 Å². The van der Waals surface area contributed by atoms with Gasteiger partial charge < -0.3 is 5.32 Å². The van der Waals surface area contributed by atoms with Crippen molar-refractivity contribution in [3.63, 3.8) is 0 Å². The minimum Gasteiger partial charge on any atom is -0.352 e. The second-order valence-electron chi connectivity index (χ2n) is 5.16. The van der Waals surface area contributed by atoms with E-state index in [2.05, 4.69) is 10.4 Å². The number of nitrogens with zero attached hydrogens (tertiary/aromatic N) is 2. The van der Waals surface area contributed by atoms with E-state index in [1.165, 1.54) is 24.3 Å². The van der Waals surface area contributed by atoms with Crippen LogP contribution < -0.4 is 5.32 Å². The average molecular weight is 332 g/mol. The van der Waals surface area contributed by atoms with Crippen LogP contribution in [0.15, 0.2) is 48.7 Å². The van der Waals surface area contributed by atoms with E-state index >= 15 is 0 Å². The molecule has 6 heteroatoms. The van der Waals surface area contributed by atoms with Crippen molar-refractivity contribution in [2.75, 3.05) is 6.54 Å². The number of carbonyl (C=O) groups excluding carboxylic acids is 1. The summed E-state index contributed by atoms with van der Waals surface area (Å²) in [4.78, 5) is 11.9. The maximum atomic E-state index is 12.8. The molecule has 4 nitrogen and oxygen atoms in total. The van der Waals surface area contributed by atoms with Crippen LogP contribution in [0.1, 0.15) is 16.8 Å². The third kappa shape index (κ3) is 3.51. The maximum absolute atomic E-state index is 12.8. The van der Waals surface area contributed by atoms with Crippen LogP contribution in [0.2, 0.25) is 5.02 Å². The number of amides is 1. The van der Waals surface area contributed by atoms with Gasteiger partial charge in [0, 0.05) is 24.0 Å². The molecule has 0 radical (unpaired) electrons. The summed E-state index contributed by atoms with van der Waals surface area (Å²) in [6, 6.07) is 11.2. The first-order valence-electron chi connectivity index (χ1n) is 7.29. The van der Waals surface area contributed by atoms with Crippen molar-refractivity contribution in [2.45, 2.75) is 13.0 Å². The second kappa shape index (κ2) is 6.79. The van der Waals surface area contributed by atoms with E-state index in [4.69, 9.17) is 11.6 Å². The van der Waals surface area contributed by atoms with Crippen molar-refractivity contribution in [1.82, 2.24) is 15.1 Å². The Balaban J connectivity index is 1.54. The molecule has 1 amide bonds. The van der Waals surface area contributed by atoms with Crippen LogP contribution in [0, 0.1) is 5.82 Å². The minimum atomic E-state index is -0.356. The SMILES string of the molecule is O=C(NCCCn1ncc2c(Cl)cccc21)c1ccc(F)cc1. The lowest BCUT2D eigenvalue weighted by Crippen LogP contribution is -2.25. The molecule has 0 saturated carbocycles. The summed E-state index contributed by atoms with van der Waals surface area (Å²) in [5, 5.41) is 8.73. The highest BCUT2D eigenvalue weighted by Crippen LogP contribution is 2.22. The first-order chi connectivity index (χ1) is 11.1. The molecule has 0 aliphatic heterocycles. The van der Waals surface area contributed by atoms with Gasteiger partial charge in [-0.25, -0.2) is 4.39 Å². The van der Waals surface area contributed by atoms with E-state index in [1.807, 2.05) is 22.9 Å². The fourth-order valence-electron chi connectivity index (χ4n) is 2.38. The number of nitrogens with one attached hydrogen (secondary N) is 1. The molecule has 1 aromatic heterocycles. The van der Waals surface area contributed by atoms with Gasteiger partial charge in [-0.05, 0) is 42.8 Å². The van der Waals surface area contributed by atoms with Crippen LogP contribution in [-0.4, -0.2) is 22.2 Å². The van der Waals surface area contributed by atoms with Crippen LogP contribution in [-0.2, 0) is 6.54 Å². The van der Waals surface area contributed by atoms with Crippen molar-refractivity contribution in [3.05, 3.63) is 65.1 Å². The number of benzene rings is 2. The van der Waals surface area contributed by atoms with Crippen LogP contribution in [0.25, 0.3) is 10.9 Å². The Labute approximate surface area is 137 Å². The number of hydrogen-bond donors (Lipinski definition) is 1. The van der Waals surface area contributed by atoms with E-state index < -0.39 is 0 Å². The van der Waals surface area contributed by atoms with Gasteiger partial charge in [-0.1, -0.05) is 17.7 Å². The third-order valence-corrected chi connectivity index (χ3v) is 3.90. The average Bonchev–Trinajstić information content (AvgIpc) is 2.97. The Kier molecular flexibility index (Phi) is 4.57. The number of rotatable bonds is 5. The smallest absolute Gasteiger partial charge is 0.251 e. The molecule has 0 saturated heterocycles. The summed E-state index contributed by atoms with van der Waals surface area (Å²) in [6.07, 6.45) is 2.48. The van der Waals surface area contributed by atoms with Gasteiger partial charge in [0.1, 0.15) is 5.82 Å². The quantitative estimate of drug-likeness (QED) is 0.725. The molecule has 1 heterocycles. The molecule has 0 unspecified atom stereocenters. The van der Waals surface area contributed by atoms with Gasteiger partial charge in [-0.3, -0.25) is 9.48 Å². The van der Waals surface area contributed by atoms with Gasteiger partial charge in [-0.15, -0.1) is 0 Å². The molecule has 0 bridgehead atoms. The number of aromatic nitrogens is 2. The highest BCUT2D eigenvalue weighted by atomic mass is 35.5. The number of aryl methyl sites for hydroxylation is 1. The molecule has 0 atom stereocenters. The van der Waals surface area contributed by atoms with Gasteiger partial charge in [-0.2, -0.15) is 5.10 Å². The van der Waals surface area contributed by atoms with Gasteiger partial charge in [0.15, 0.2) is 0 Å². The van der Waals surface area contributed by atoms with E-state index in [-0.39, 0.29) is 11.7 Å². The Morgan fingerprint density at radius 1 is 1.22 bits per heavy atom. The third-order valence-electron chi connectivity index (χ3n) is 3.57. The highest BCUT2D eigenvalue weighted by molar-refractivity contribution is 6.35. The number of carbonyl (C=O) groups is 1. The second-order valence-corrected chi connectivity index (χ2v) is 5.56. The zero-order valence-electron chi connectivity index (χ0n) is 12.3. The summed E-state index contributed by atoms with van der Waals surface area (Å²) in [5.74, 6) is -0.566. The normalized spacial score (nSPS) is 10.9. The largest absolute Gasteiger partial charge is 0.352 e. The lowest BCUT2D eigenvalue weighted by atomic mass is 10.2. The molecule has 0 aliphatic rings. The fourth-order valence-corrected chi connectivity index (χ4v) is 2.60. The van der Waals surface area contributed by atoms with Gasteiger partial charge >= 0.3 is 0 Å². The predicted molar refractivity (Wildman–Crippen MR) is 88.1 cm³/mol. The monoisotopic (exact) mass is 331 g/mol. The number of halogens is 2. The summed E-state index contributed by atoms with van der Waals surface area (Å²) >= 11 is 6.12. The zero-order chi connectivity index (χ0) is 16.2. The van der Waals surface area contributed by atoms with Crippen LogP contribution in [0.3, 0.4) is 0 Å². The van der Waals surface area contributed by atoms with Crippen LogP contribution in [0.5, 0.6) is 0 Å². The van der Waals surface area contributed by atoms with Crippen molar-refractivity contribution >= 4 is 28.4 Å². The van der Waals surface area contributed by atoms with Crippen molar-refractivity contribution in [1.29, 1.82) is 0 Å². The summed E-state index contributed by atoms with van der Waals surface area (Å²) < 4.78 is 14.7. The molecule has 3 aromatic rings. The lowest BCUT2D eigenvalue weighted by Gasteiger charge is -2.06. The van der Waals surface area contributed by atoms with E-state index in [0.717, 1.165) is 17.3 Å². The first-order valence-corrected chi connectivity index (χ1v) is 7.67. The Bertz CT molecular complexity index is 829. The van der Waals surface area contributed by atoms with Crippen molar-refractivity contribution in [3.8, 4) is 0 Å². The topological polar surface area (TPSA) is 46.9 Å². The number of fused-ring (bicyclic) bond motifs is 1. The van der Waals surface area contributed by atoms with Gasteiger partial charge in [0.25, 0.3) is 5.91 Å². The molecular weight excluding hydrogens is 317 g/mol. The minimum absolute atomic E-state index is 0.210. The zero-order valence-corrected chi connectivity index (χ0v) is 13.1. The van der Waals surface area contributed by atoms with Gasteiger partial charge in [0.05, 0.1) is 16.7 Å². The highest BCUT2D eigenvalue weighted by Gasteiger charge is 2.07. The maximum Gasteiger partial charge on any atom is 0.251 e. The predicted octanol–water partition coefficient (Wildman–Crippen LogP) is 3.65. The molecule has 2 aromatic carbocycles. The lowest BCUT2D eigenvalue weighted by molar-refractivity contribution is 0.0952. The van der Waals surface area contributed by atoms with E-state index in [1.54, 1.807) is 6.20 Å². The van der Waals surface area contributed by atoms with Gasteiger partial charge in [0.2, 0.25) is 0 Å². The summed E-state index contributed by atoms with van der Waals surface area (Å²) in [5.41, 5.74) is 1.42. The summed E-state index contributed by atoms with van der Waals surface area (Å²) in [6.45, 7) is 1.19. The molecule has 0 fully saturated rings. The Morgan fingerprint density at radius 3 is 2.78 bits per heavy atom. The Hall–Kier alpha value is -2.40. The standard InChI is InChI=1S/C17H15ClFN3O/c18-15-3-1-4-16-14(15)11-21-22(16)10-2-9-20-17(23)12-5-7-13(19)8-6-12/h1,3-8,11H,2,9-10H2,(H,20,23). The molecule has 3 rings (SSSR count). The summed E-state index contributed by atoms with van der Waals surface area (Å²) in [7, 11) is 0. The molecule has 118 valence electrons. The van der Waals surface area contributed by atoms with Crippen molar-refractivity contribution < 1.29 is 9.18 Å². The molecule has 1 N–H and O–H groups in total. The fraction of sp³-hybridized carbons (Fsp3) is 0.176. The van der Waals surface area contributed by atoms with E-state index in [0.29, 0.717) is 23.7 Å². The molecule has 0 spiro atoms. The number of hydrogen-bond acceptors (Lipinski definition) is 2. The van der Waals surface area contributed by atoms with E-state index in [9.17, 15) is 9.18 Å². The van der Waals surface area contributed by atoms with Crippen LogP contribution in [0.4, 0.5) is 4.39 Å². The first kappa shape index (κ1) is 15.5. The van der Waals surface area contributed by atoms with Crippen LogP contribution >= 0.6 is 11.6 Å². The molecule has 23 heavy (non-hydrogen) atoms.